The predicted octanol–water partition coefficient (Wildman–Crippen LogP) is 11.8. The second-order valence-corrected chi connectivity index (χ2v) is 11.7. The third-order valence-electron chi connectivity index (χ3n) is 8.97. The van der Waals surface area contributed by atoms with Crippen molar-refractivity contribution in [1.29, 1.82) is 0 Å². The van der Waals surface area contributed by atoms with Gasteiger partial charge in [-0.1, -0.05) is 164 Å². The lowest BCUT2D eigenvalue weighted by atomic mass is 9.85. The SMILES string of the molecule is COc1ccc(C(=C(c2ccccc2)c2ccccc2)c2ccc(/C=C/c3ccc4ccc5cccc6ccc3c4c56)cc2)cc1. The molecule has 0 aromatic heterocycles. The minimum Gasteiger partial charge on any atom is -0.497 e. The van der Waals surface area contributed by atoms with Crippen LogP contribution in [-0.2, 0) is 0 Å². The normalized spacial score (nSPS) is 11.5. The van der Waals surface area contributed by atoms with Crippen molar-refractivity contribution in [1.82, 2.24) is 0 Å². The monoisotopic (exact) mass is 588 g/mol. The van der Waals surface area contributed by atoms with Crippen LogP contribution in [0.1, 0.15) is 33.4 Å². The van der Waals surface area contributed by atoms with Crippen molar-refractivity contribution >= 4 is 55.6 Å². The molecule has 0 aliphatic heterocycles. The van der Waals surface area contributed by atoms with Gasteiger partial charge in [0, 0.05) is 0 Å². The van der Waals surface area contributed by atoms with Gasteiger partial charge in [-0.05, 0) is 89.0 Å². The van der Waals surface area contributed by atoms with E-state index in [1.165, 1.54) is 60.2 Å². The Morgan fingerprint density at radius 3 is 1.50 bits per heavy atom. The quantitative estimate of drug-likeness (QED) is 0.133. The zero-order valence-corrected chi connectivity index (χ0v) is 25.7. The molecule has 0 saturated heterocycles. The molecule has 0 N–H and O–H groups in total. The van der Waals surface area contributed by atoms with E-state index in [9.17, 15) is 0 Å². The highest BCUT2D eigenvalue weighted by molar-refractivity contribution is 6.24. The molecule has 1 nitrogen and oxygen atoms in total. The molecule has 0 spiro atoms. The van der Waals surface area contributed by atoms with Gasteiger partial charge in [0.05, 0.1) is 7.11 Å². The Kier molecular flexibility index (Phi) is 7.13. The highest BCUT2D eigenvalue weighted by Crippen LogP contribution is 2.39. The van der Waals surface area contributed by atoms with Gasteiger partial charge in [-0.25, -0.2) is 0 Å². The van der Waals surface area contributed by atoms with Crippen molar-refractivity contribution in [3.05, 3.63) is 197 Å². The van der Waals surface area contributed by atoms with Crippen LogP contribution in [0.2, 0.25) is 0 Å². The summed E-state index contributed by atoms with van der Waals surface area (Å²) in [6, 6.07) is 58.7. The van der Waals surface area contributed by atoms with Crippen molar-refractivity contribution < 1.29 is 4.74 Å². The first-order valence-electron chi connectivity index (χ1n) is 15.7. The van der Waals surface area contributed by atoms with Gasteiger partial charge in [0.15, 0.2) is 0 Å². The number of hydrogen-bond acceptors (Lipinski definition) is 1. The van der Waals surface area contributed by atoms with Gasteiger partial charge < -0.3 is 4.74 Å². The molecule has 0 fully saturated rings. The average Bonchev–Trinajstić information content (AvgIpc) is 3.13. The molecule has 0 aliphatic carbocycles. The Morgan fingerprint density at radius 1 is 0.413 bits per heavy atom. The van der Waals surface area contributed by atoms with Gasteiger partial charge in [0.2, 0.25) is 0 Å². The summed E-state index contributed by atoms with van der Waals surface area (Å²) < 4.78 is 5.50. The van der Waals surface area contributed by atoms with Gasteiger partial charge in [-0.2, -0.15) is 0 Å². The fourth-order valence-electron chi connectivity index (χ4n) is 6.73. The summed E-state index contributed by atoms with van der Waals surface area (Å²) >= 11 is 0. The molecular weight excluding hydrogens is 556 g/mol. The van der Waals surface area contributed by atoms with Gasteiger partial charge in [-0.15, -0.1) is 0 Å². The van der Waals surface area contributed by atoms with Gasteiger partial charge in [0.1, 0.15) is 5.75 Å². The van der Waals surface area contributed by atoms with E-state index in [1.807, 2.05) is 12.1 Å². The highest BCUT2D eigenvalue weighted by Gasteiger charge is 2.16. The summed E-state index contributed by atoms with van der Waals surface area (Å²) in [6.07, 6.45) is 4.47. The van der Waals surface area contributed by atoms with E-state index in [1.54, 1.807) is 7.11 Å². The van der Waals surface area contributed by atoms with Crippen LogP contribution in [0.4, 0.5) is 0 Å². The van der Waals surface area contributed by atoms with E-state index in [-0.39, 0.29) is 0 Å². The third kappa shape index (κ3) is 5.02. The number of rotatable bonds is 7. The molecule has 0 radical (unpaired) electrons. The molecule has 0 bridgehead atoms. The summed E-state index contributed by atoms with van der Waals surface area (Å²) in [7, 11) is 1.71. The molecule has 0 atom stereocenters. The van der Waals surface area contributed by atoms with Crippen molar-refractivity contribution in [2.24, 2.45) is 0 Å². The number of ether oxygens (including phenoxy) is 1. The maximum atomic E-state index is 5.50. The summed E-state index contributed by atoms with van der Waals surface area (Å²) in [4.78, 5) is 0. The molecule has 0 unspecified atom stereocenters. The molecular formula is C45H32O. The second-order valence-electron chi connectivity index (χ2n) is 11.7. The zero-order valence-electron chi connectivity index (χ0n) is 25.7. The summed E-state index contributed by atoms with van der Waals surface area (Å²) in [6.45, 7) is 0. The highest BCUT2D eigenvalue weighted by atomic mass is 16.5. The van der Waals surface area contributed by atoms with Crippen LogP contribution in [0.25, 0.3) is 55.6 Å². The van der Waals surface area contributed by atoms with Gasteiger partial charge in [0.25, 0.3) is 0 Å². The number of hydrogen-bond donors (Lipinski definition) is 0. The molecule has 0 aliphatic rings. The lowest BCUT2D eigenvalue weighted by Gasteiger charge is -2.18. The Balaban J connectivity index is 1.23. The predicted molar refractivity (Wildman–Crippen MR) is 196 cm³/mol. The summed E-state index contributed by atoms with van der Waals surface area (Å²) in [5, 5.41) is 7.84. The average molecular weight is 589 g/mol. The van der Waals surface area contributed by atoms with E-state index >= 15 is 0 Å². The van der Waals surface area contributed by atoms with Crippen LogP contribution in [0.3, 0.4) is 0 Å². The van der Waals surface area contributed by atoms with Gasteiger partial charge in [-0.3, -0.25) is 0 Å². The van der Waals surface area contributed by atoms with Crippen LogP contribution in [0.15, 0.2) is 164 Å². The fourth-order valence-corrected chi connectivity index (χ4v) is 6.73. The van der Waals surface area contributed by atoms with E-state index in [0.29, 0.717) is 0 Å². The lowest BCUT2D eigenvalue weighted by molar-refractivity contribution is 0.415. The molecule has 8 aromatic carbocycles. The lowest BCUT2D eigenvalue weighted by Crippen LogP contribution is -1.98. The minimum atomic E-state index is 0.844. The topological polar surface area (TPSA) is 9.23 Å². The smallest absolute Gasteiger partial charge is 0.118 e. The van der Waals surface area contributed by atoms with E-state index < -0.39 is 0 Å². The maximum absolute atomic E-state index is 5.50. The van der Waals surface area contributed by atoms with Crippen LogP contribution < -0.4 is 4.74 Å². The first-order chi connectivity index (χ1) is 22.8. The van der Waals surface area contributed by atoms with Crippen molar-refractivity contribution in [2.45, 2.75) is 0 Å². The molecule has 8 rings (SSSR count). The van der Waals surface area contributed by atoms with E-state index in [4.69, 9.17) is 4.74 Å². The van der Waals surface area contributed by atoms with Gasteiger partial charge >= 0.3 is 0 Å². The van der Waals surface area contributed by atoms with E-state index in [2.05, 4.69) is 164 Å². The molecule has 8 aromatic rings. The van der Waals surface area contributed by atoms with Crippen LogP contribution in [0.5, 0.6) is 5.75 Å². The summed E-state index contributed by atoms with van der Waals surface area (Å²) in [5.41, 5.74) is 9.42. The molecule has 0 amide bonds. The number of benzene rings is 8. The maximum Gasteiger partial charge on any atom is 0.118 e. The van der Waals surface area contributed by atoms with Crippen molar-refractivity contribution in [3.8, 4) is 5.75 Å². The molecule has 218 valence electrons. The third-order valence-corrected chi connectivity index (χ3v) is 8.97. The standard InChI is InChI=1S/C45H32O/c1-46-40-28-25-38(26-29-40)43(42(33-9-4-2-5-10-33)34-11-6-3-7-12-34)37-19-16-31(17-20-37)15-18-32-21-22-39-24-23-35-13-8-14-36-27-30-41(32)45(39)44(35)36/h2-30H,1H3/b18-15+. The Morgan fingerprint density at radius 2 is 0.913 bits per heavy atom. The Bertz CT molecular complexity index is 2290. The minimum absolute atomic E-state index is 0.844. The molecule has 0 saturated carbocycles. The fraction of sp³-hybridized carbons (Fsp3) is 0.0222. The van der Waals surface area contributed by atoms with Crippen LogP contribution >= 0.6 is 0 Å². The number of methoxy groups -OCH3 is 1. The molecule has 0 heterocycles. The first-order valence-corrected chi connectivity index (χ1v) is 15.7. The second kappa shape index (κ2) is 11.9. The van der Waals surface area contributed by atoms with Crippen molar-refractivity contribution in [2.75, 3.05) is 7.11 Å². The first kappa shape index (κ1) is 27.6. The van der Waals surface area contributed by atoms with E-state index in [0.717, 1.165) is 22.4 Å². The summed E-state index contributed by atoms with van der Waals surface area (Å²) in [5.74, 6) is 0.844. The Labute approximate surface area is 269 Å². The zero-order chi connectivity index (χ0) is 30.9. The Hall–Kier alpha value is -5.92. The van der Waals surface area contributed by atoms with Crippen LogP contribution in [-0.4, -0.2) is 7.11 Å². The largest absolute Gasteiger partial charge is 0.497 e. The van der Waals surface area contributed by atoms with Crippen LogP contribution in [0, 0.1) is 0 Å². The van der Waals surface area contributed by atoms with Crippen molar-refractivity contribution in [3.63, 3.8) is 0 Å². The molecule has 1 heteroatoms. The molecule has 46 heavy (non-hydrogen) atoms.